The quantitative estimate of drug-likeness (QED) is 0.756. The Kier molecular flexibility index (Phi) is 6.16. The van der Waals surface area contributed by atoms with Crippen molar-refractivity contribution in [1.29, 1.82) is 0 Å². The molecule has 2 rings (SSSR count). The van der Waals surface area contributed by atoms with Crippen LogP contribution in [0.25, 0.3) is 0 Å². The minimum absolute atomic E-state index is 0.181. The molecule has 3 nitrogen and oxygen atoms in total. The van der Waals surface area contributed by atoms with Crippen molar-refractivity contribution in [2.75, 3.05) is 11.9 Å². The third-order valence-electron chi connectivity index (χ3n) is 3.44. The number of hydrogen-bond acceptors (Lipinski definition) is 2. The minimum Gasteiger partial charge on any atom is -0.492 e. The van der Waals surface area contributed by atoms with Gasteiger partial charge in [0.1, 0.15) is 11.6 Å². The Morgan fingerprint density at radius 1 is 1.30 bits per heavy atom. The molecule has 1 N–H and O–H groups in total. The summed E-state index contributed by atoms with van der Waals surface area (Å²) in [6.45, 7) is 4.23. The highest BCUT2D eigenvalue weighted by atomic mass is 79.9. The molecule has 2 aromatic carbocycles. The molecule has 0 aliphatic heterocycles. The summed E-state index contributed by atoms with van der Waals surface area (Å²) in [5.74, 6) is -0.0634. The average Bonchev–Trinajstić information content (AvgIpc) is 2.50. The second kappa shape index (κ2) is 8.11. The Labute approximate surface area is 144 Å². The first-order valence-corrected chi connectivity index (χ1v) is 8.27. The molecule has 0 spiro atoms. The zero-order chi connectivity index (χ0) is 16.8. The molecule has 0 saturated carbocycles. The van der Waals surface area contributed by atoms with E-state index < -0.39 is 0 Å². The van der Waals surface area contributed by atoms with Gasteiger partial charge in [0.05, 0.1) is 12.3 Å². The average molecular weight is 380 g/mol. The Balaban J connectivity index is 2.08. The summed E-state index contributed by atoms with van der Waals surface area (Å²) in [5, 5.41) is 2.84. The lowest BCUT2D eigenvalue weighted by Gasteiger charge is -2.15. The van der Waals surface area contributed by atoms with Crippen molar-refractivity contribution < 1.29 is 13.9 Å². The van der Waals surface area contributed by atoms with Crippen LogP contribution < -0.4 is 10.1 Å². The Bertz CT molecular complexity index is 690. The number of amides is 1. The van der Waals surface area contributed by atoms with Crippen LogP contribution in [0, 0.1) is 5.82 Å². The lowest BCUT2D eigenvalue weighted by Crippen LogP contribution is -2.15. The molecule has 0 radical (unpaired) electrons. The van der Waals surface area contributed by atoms with Crippen molar-refractivity contribution in [2.24, 2.45) is 0 Å². The largest absolute Gasteiger partial charge is 0.492 e. The fourth-order valence-corrected chi connectivity index (χ4v) is 2.71. The summed E-state index contributed by atoms with van der Waals surface area (Å²) < 4.78 is 20.1. The van der Waals surface area contributed by atoms with Crippen molar-refractivity contribution >= 4 is 27.5 Å². The van der Waals surface area contributed by atoms with Crippen LogP contribution in [0.1, 0.15) is 31.7 Å². The Morgan fingerprint density at radius 3 is 2.74 bits per heavy atom. The van der Waals surface area contributed by atoms with Gasteiger partial charge in [-0.05, 0) is 42.7 Å². The highest BCUT2D eigenvalue weighted by Crippen LogP contribution is 2.29. The molecule has 122 valence electrons. The SMILES string of the molecule is CCOc1ccc(Br)cc1NC(=O)CC(C)c1ccccc1F. The van der Waals surface area contributed by atoms with Gasteiger partial charge in [0.25, 0.3) is 0 Å². The predicted octanol–water partition coefficient (Wildman–Crippen LogP) is 5.12. The Morgan fingerprint density at radius 2 is 2.04 bits per heavy atom. The number of carbonyl (C=O) groups is 1. The maximum Gasteiger partial charge on any atom is 0.225 e. The molecule has 0 fully saturated rings. The summed E-state index contributed by atoms with van der Waals surface area (Å²) in [6.07, 6.45) is 0.193. The van der Waals surface area contributed by atoms with Gasteiger partial charge >= 0.3 is 0 Å². The van der Waals surface area contributed by atoms with Crippen LogP contribution in [-0.4, -0.2) is 12.5 Å². The zero-order valence-electron chi connectivity index (χ0n) is 13.1. The molecule has 0 aromatic heterocycles. The van der Waals surface area contributed by atoms with Gasteiger partial charge in [-0.1, -0.05) is 41.1 Å². The summed E-state index contributed by atoms with van der Waals surface area (Å²) in [7, 11) is 0. The highest BCUT2D eigenvalue weighted by Gasteiger charge is 2.16. The van der Waals surface area contributed by atoms with E-state index in [0.29, 0.717) is 23.6 Å². The van der Waals surface area contributed by atoms with E-state index in [1.807, 2.05) is 19.9 Å². The van der Waals surface area contributed by atoms with Crippen molar-refractivity contribution in [2.45, 2.75) is 26.2 Å². The molecule has 5 heteroatoms. The summed E-state index contributed by atoms with van der Waals surface area (Å²) >= 11 is 3.38. The first-order valence-electron chi connectivity index (χ1n) is 7.48. The lowest BCUT2D eigenvalue weighted by atomic mass is 9.97. The van der Waals surface area contributed by atoms with Crippen molar-refractivity contribution in [3.05, 3.63) is 58.3 Å². The molecule has 0 heterocycles. The fourth-order valence-electron chi connectivity index (χ4n) is 2.35. The molecule has 23 heavy (non-hydrogen) atoms. The van der Waals surface area contributed by atoms with Crippen molar-refractivity contribution in [1.82, 2.24) is 0 Å². The van der Waals surface area contributed by atoms with Gasteiger partial charge in [-0.25, -0.2) is 4.39 Å². The maximum atomic E-state index is 13.8. The normalized spacial score (nSPS) is 11.8. The molecule has 0 saturated heterocycles. The standard InChI is InChI=1S/C18H19BrFNO2/c1-3-23-17-9-8-13(19)11-16(17)21-18(22)10-12(2)14-6-4-5-7-15(14)20/h4-9,11-12H,3,10H2,1-2H3,(H,21,22). The van der Waals surface area contributed by atoms with Crippen LogP contribution >= 0.6 is 15.9 Å². The van der Waals surface area contributed by atoms with E-state index in [0.717, 1.165) is 4.47 Å². The van der Waals surface area contributed by atoms with Crippen LogP contribution in [0.5, 0.6) is 5.75 Å². The van der Waals surface area contributed by atoms with Crippen molar-refractivity contribution in [3.8, 4) is 5.75 Å². The molecule has 1 atom stereocenters. The lowest BCUT2D eigenvalue weighted by molar-refractivity contribution is -0.116. The van der Waals surface area contributed by atoms with E-state index in [2.05, 4.69) is 21.2 Å². The van der Waals surface area contributed by atoms with Gasteiger partial charge in [-0.3, -0.25) is 4.79 Å². The fraction of sp³-hybridized carbons (Fsp3) is 0.278. The molecule has 0 aliphatic carbocycles. The van der Waals surface area contributed by atoms with Crippen LogP contribution in [0.3, 0.4) is 0 Å². The highest BCUT2D eigenvalue weighted by molar-refractivity contribution is 9.10. The van der Waals surface area contributed by atoms with Crippen LogP contribution in [0.2, 0.25) is 0 Å². The first-order chi connectivity index (χ1) is 11.0. The smallest absolute Gasteiger partial charge is 0.225 e. The zero-order valence-corrected chi connectivity index (χ0v) is 14.7. The molecule has 0 bridgehead atoms. The third-order valence-corrected chi connectivity index (χ3v) is 3.94. The van der Waals surface area contributed by atoms with E-state index in [1.165, 1.54) is 6.07 Å². The van der Waals surface area contributed by atoms with E-state index in [-0.39, 0.29) is 24.1 Å². The monoisotopic (exact) mass is 379 g/mol. The maximum absolute atomic E-state index is 13.8. The van der Waals surface area contributed by atoms with Gasteiger partial charge in [-0.15, -0.1) is 0 Å². The molecule has 1 amide bonds. The summed E-state index contributed by atoms with van der Waals surface area (Å²) in [6, 6.07) is 12.0. The van der Waals surface area contributed by atoms with E-state index in [1.54, 1.807) is 30.3 Å². The van der Waals surface area contributed by atoms with Crippen LogP contribution in [-0.2, 0) is 4.79 Å². The topological polar surface area (TPSA) is 38.3 Å². The van der Waals surface area contributed by atoms with Gasteiger partial charge in [0.15, 0.2) is 0 Å². The second-order valence-corrected chi connectivity index (χ2v) is 6.16. The predicted molar refractivity (Wildman–Crippen MR) is 93.4 cm³/mol. The number of nitrogens with one attached hydrogen (secondary N) is 1. The third kappa shape index (κ3) is 4.79. The van der Waals surface area contributed by atoms with E-state index in [9.17, 15) is 9.18 Å². The van der Waals surface area contributed by atoms with Crippen LogP contribution in [0.4, 0.5) is 10.1 Å². The van der Waals surface area contributed by atoms with E-state index in [4.69, 9.17) is 4.74 Å². The minimum atomic E-state index is -0.287. The second-order valence-electron chi connectivity index (χ2n) is 5.25. The summed E-state index contributed by atoms with van der Waals surface area (Å²) in [4.78, 5) is 12.3. The van der Waals surface area contributed by atoms with E-state index >= 15 is 0 Å². The molecular formula is C18H19BrFNO2. The molecular weight excluding hydrogens is 361 g/mol. The Hall–Kier alpha value is -1.88. The van der Waals surface area contributed by atoms with Crippen molar-refractivity contribution in [3.63, 3.8) is 0 Å². The molecule has 1 unspecified atom stereocenters. The van der Waals surface area contributed by atoms with Crippen LogP contribution in [0.15, 0.2) is 46.9 Å². The summed E-state index contributed by atoms with van der Waals surface area (Å²) in [5.41, 5.74) is 1.15. The van der Waals surface area contributed by atoms with Gasteiger partial charge < -0.3 is 10.1 Å². The van der Waals surface area contributed by atoms with Gasteiger partial charge in [0, 0.05) is 10.9 Å². The number of halogens is 2. The number of anilines is 1. The number of rotatable bonds is 6. The number of hydrogen-bond donors (Lipinski definition) is 1. The number of benzene rings is 2. The number of carbonyl (C=O) groups excluding carboxylic acids is 1. The van der Waals surface area contributed by atoms with Gasteiger partial charge in [0.2, 0.25) is 5.91 Å². The van der Waals surface area contributed by atoms with Gasteiger partial charge in [-0.2, -0.15) is 0 Å². The number of ether oxygens (including phenoxy) is 1. The molecule has 2 aromatic rings. The first kappa shape index (κ1) is 17.5. The molecule has 0 aliphatic rings.